The normalized spacial score (nSPS) is 31.0. The number of nitrogens with zero attached hydrogens (tertiary/aromatic N) is 1. The topological polar surface area (TPSA) is 57.6 Å². The van der Waals surface area contributed by atoms with E-state index in [1.165, 1.54) is 5.56 Å². The molecule has 2 fully saturated rings. The lowest BCUT2D eigenvalue weighted by Crippen LogP contribution is -2.43. The predicted molar refractivity (Wildman–Crippen MR) is 71.3 cm³/mol. The highest BCUT2D eigenvalue weighted by Gasteiger charge is 2.44. The molecule has 0 amide bonds. The van der Waals surface area contributed by atoms with Gasteiger partial charge in [-0.15, -0.1) is 0 Å². The molecule has 1 N–H and O–H groups in total. The molecule has 100 valence electrons. The molecule has 0 spiro atoms. The minimum absolute atomic E-state index is 0.0788. The van der Waals surface area contributed by atoms with Gasteiger partial charge in [0.15, 0.2) is 9.84 Å². The van der Waals surface area contributed by atoms with Crippen LogP contribution in [0.2, 0.25) is 0 Å². The van der Waals surface area contributed by atoms with Gasteiger partial charge in [0.05, 0.1) is 23.7 Å². The SMILES string of the molecule is O=S1(=O)CC(O)C(N(Cc2ccsc2)C2CC2)C1. The summed E-state index contributed by atoms with van der Waals surface area (Å²) in [7, 11) is -3.06. The molecule has 3 rings (SSSR count). The Kier molecular flexibility index (Phi) is 3.21. The summed E-state index contributed by atoms with van der Waals surface area (Å²) in [5.41, 5.74) is 1.21. The Hall–Kier alpha value is -0.430. The maximum atomic E-state index is 11.6. The number of thiophene rings is 1. The molecule has 0 bridgehead atoms. The molecule has 2 heterocycles. The van der Waals surface area contributed by atoms with E-state index in [-0.39, 0.29) is 17.5 Å². The molecule has 1 aliphatic carbocycles. The molecular formula is C12H17NO3S2. The monoisotopic (exact) mass is 287 g/mol. The lowest BCUT2D eigenvalue weighted by Gasteiger charge is -2.29. The zero-order valence-corrected chi connectivity index (χ0v) is 11.7. The molecule has 2 atom stereocenters. The van der Waals surface area contributed by atoms with Gasteiger partial charge in [0.25, 0.3) is 0 Å². The molecule has 0 radical (unpaired) electrons. The van der Waals surface area contributed by atoms with Crippen molar-refractivity contribution in [3.63, 3.8) is 0 Å². The predicted octanol–water partition coefficient (Wildman–Crippen LogP) is 0.870. The molecule has 1 aromatic rings. The van der Waals surface area contributed by atoms with Gasteiger partial charge in [0, 0.05) is 12.6 Å². The van der Waals surface area contributed by atoms with E-state index in [2.05, 4.69) is 16.3 Å². The van der Waals surface area contributed by atoms with Crippen LogP contribution in [0, 0.1) is 0 Å². The fourth-order valence-corrected chi connectivity index (χ4v) is 5.12. The van der Waals surface area contributed by atoms with E-state index in [1.54, 1.807) is 11.3 Å². The number of hydrogen-bond donors (Lipinski definition) is 1. The summed E-state index contributed by atoms with van der Waals surface area (Å²) in [4.78, 5) is 2.19. The zero-order chi connectivity index (χ0) is 12.8. The second-order valence-corrected chi connectivity index (χ2v) is 8.18. The Morgan fingerprint density at radius 1 is 1.39 bits per heavy atom. The minimum Gasteiger partial charge on any atom is -0.390 e. The first-order valence-corrected chi connectivity index (χ1v) is 8.97. The molecule has 2 aliphatic rings. The molecular weight excluding hydrogens is 270 g/mol. The highest BCUT2D eigenvalue weighted by Crippen LogP contribution is 2.33. The van der Waals surface area contributed by atoms with E-state index in [4.69, 9.17) is 0 Å². The number of aliphatic hydroxyl groups is 1. The summed E-state index contributed by atoms with van der Waals surface area (Å²) < 4.78 is 23.2. The largest absolute Gasteiger partial charge is 0.390 e. The van der Waals surface area contributed by atoms with Gasteiger partial charge in [0.2, 0.25) is 0 Å². The van der Waals surface area contributed by atoms with Crippen molar-refractivity contribution in [2.24, 2.45) is 0 Å². The Labute approximate surface area is 111 Å². The van der Waals surface area contributed by atoms with E-state index in [1.807, 2.05) is 5.38 Å². The van der Waals surface area contributed by atoms with Gasteiger partial charge < -0.3 is 5.11 Å². The number of hydrogen-bond acceptors (Lipinski definition) is 5. The van der Waals surface area contributed by atoms with Crippen molar-refractivity contribution < 1.29 is 13.5 Å². The van der Waals surface area contributed by atoms with Gasteiger partial charge in [-0.25, -0.2) is 8.42 Å². The molecule has 6 heteroatoms. The van der Waals surface area contributed by atoms with Gasteiger partial charge in [0.1, 0.15) is 0 Å². The Morgan fingerprint density at radius 2 is 2.17 bits per heavy atom. The van der Waals surface area contributed by atoms with Crippen LogP contribution in [0.25, 0.3) is 0 Å². The third-order valence-corrected chi connectivity index (χ3v) is 6.11. The zero-order valence-electron chi connectivity index (χ0n) is 10.0. The summed E-state index contributed by atoms with van der Waals surface area (Å²) in [5, 5.41) is 14.1. The van der Waals surface area contributed by atoms with Crippen LogP contribution in [-0.2, 0) is 16.4 Å². The van der Waals surface area contributed by atoms with Gasteiger partial charge in [-0.3, -0.25) is 4.90 Å². The van der Waals surface area contributed by atoms with Crippen molar-refractivity contribution in [3.05, 3.63) is 22.4 Å². The standard InChI is InChI=1S/C12H17NO3S2/c14-12-8-18(15,16)7-11(12)13(10-1-2-10)5-9-3-4-17-6-9/h3-4,6,10-12,14H,1-2,5,7-8H2. The van der Waals surface area contributed by atoms with Crippen LogP contribution in [0.3, 0.4) is 0 Å². The molecule has 0 aromatic carbocycles. The average molecular weight is 287 g/mol. The smallest absolute Gasteiger partial charge is 0.154 e. The quantitative estimate of drug-likeness (QED) is 0.893. The fraction of sp³-hybridized carbons (Fsp3) is 0.667. The van der Waals surface area contributed by atoms with Crippen LogP contribution in [0.5, 0.6) is 0 Å². The van der Waals surface area contributed by atoms with Crippen molar-refractivity contribution in [2.45, 2.75) is 37.6 Å². The maximum Gasteiger partial charge on any atom is 0.154 e. The molecule has 1 saturated heterocycles. The molecule has 1 aliphatic heterocycles. The Bertz CT molecular complexity index is 507. The van der Waals surface area contributed by atoms with Gasteiger partial charge >= 0.3 is 0 Å². The van der Waals surface area contributed by atoms with E-state index < -0.39 is 15.9 Å². The summed E-state index contributed by atoms with van der Waals surface area (Å²) in [6, 6.07) is 2.30. The third kappa shape index (κ3) is 2.61. The fourth-order valence-electron chi connectivity index (χ4n) is 2.64. The molecule has 1 aromatic heterocycles. The van der Waals surface area contributed by atoms with Crippen LogP contribution >= 0.6 is 11.3 Å². The van der Waals surface area contributed by atoms with Crippen molar-refractivity contribution >= 4 is 21.2 Å². The number of aliphatic hydroxyl groups excluding tert-OH is 1. The summed E-state index contributed by atoms with van der Waals surface area (Å²) in [6.07, 6.45) is 1.51. The van der Waals surface area contributed by atoms with Crippen LogP contribution in [0.1, 0.15) is 18.4 Å². The highest BCUT2D eigenvalue weighted by atomic mass is 32.2. The van der Waals surface area contributed by atoms with Gasteiger partial charge in [-0.2, -0.15) is 11.3 Å². The van der Waals surface area contributed by atoms with Crippen LogP contribution in [0.4, 0.5) is 0 Å². The van der Waals surface area contributed by atoms with Crippen molar-refractivity contribution in [2.75, 3.05) is 11.5 Å². The van der Waals surface area contributed by atoms with E-state index in [0.717, 1.165) is 19.4 Å². The van der Waals surface area contributed by atoms with Crippen molar-refractivity contribution in [1.29, 1.82) is 0 Å². The van der Waals surface area contributed by atoms with Gasteiger partial charge in [-0.1, -0.05) is 0 Å². The van der Waals surface area contributed by atoms with Gasteiger partial charge in [-0.05, 0) is 35.2 Å². The first kappa shape index (κ1) is 12.6. The number of sulfone groups is 1. The second-order valence-electron chi connectivity index (χ2n) is 5.25. The summed E-state index contributed by atoms with van der Waals surface area (Å²) >= 11 is 1.65. The highest BCUT2D eigenvalue weighted by molar-refractivity contribution is 7.91. The minimum atomic E-state index is -3.06. The molecule has 18 heavy (non-hydrogen) atoms. The van der Waals surface area contributed by atoms with Crippen LogP contribution in [-0.4, -0.2) is 48.1 Å². The van der Waals surface area contributed by atoms with Crippen LogP contribution in [0.15, 0.2) is 16.8 Å². The van der Waals surface area contributed by atoms with Crippen molar-refractivity contribution in [1.82, 2.24) is 4.90 Å². The summed E-state index contributed by atoms with van der Waals surface area (Å²) in [5.74, 6) is 0.0271. The Morgan fingerprint density at radius 3 is 2.67 bits per heavy atom. The number of rotatable bonds is 4. The second kappa shape index (κ2) is 4.59. The maximum absolute atomic E-state index is 11.6. The first-order chi connectivity index (χ1) is 8.55. The lowest BCUT2D eigenvalue weighted by atomic mass is 10.1. The van der Waals surface area contributed by atoms with E-state index >= 15 is 0 Å². The lowest BCUT2D eigenvalue weighted by molar-refractivity contribution is 0.0728. The first-order valence-electron chi connectivity index (χ1n) is 6.20. The average Bonchev–Trinajstić information content (AvgIpc) is 2.92. The molecule has 4 nitrogen and oxygen atoms in total. The Balaban J connectivity index is 1.78. The van der Waals surface area contributed by atoms with Crippen molar-refractivity contribution in [3.8, 4) is 0 Å². The molecule has 2 unspecified atom stereocenters. The van der Waals surface area contributed by atoms with E-state index in [0.29, 0.717) is 6.04 Å². The molecule has 1 saturated carbocycles. The van der Waals surface area contributed by atoms with Crippen LogP contribution < -0.4 is 0 Å². The third-order valence-electron chi connectivity index (χ3n) is 3.68. The summed E-state index contributed by atoms with van der Waals surface area (Å²) in [6.45, 7) is 0.755. The van der Waals surface area contributed by atoms with E-state index in [9.17, 15) is 13.5 Å².